The smallest absolute Gasteiger partial charge is 0.267 e. The molecule has 0 spiro atoms. The molecule has 0 saturated carbocycles. The fraction of sp³-hybridized carbons (Fsp3) is 0.300. The standard InChI is InChI=1S/C30H33BrN4O3S2/c1-4-6-18-34(19-7-5-2)40(37,38)26-15-12-24(13-16-26)29(36)35(32-21-23-10-8-22(3)9-11-23)30-33-27-17-14-25(31)20-28(27)39-30/h8-17,20-21H,4-7,18-19H2,1-3H3/b32-21+. The van der Waals surface area contributed by atoms with Gasteiger partial charge in [0.25, 0.3) is 5.91 Å². The number of hydrogen-bond donors (Lipinski definition) is 0. The Kier molecular flexibility index (Phi) is 10.2. The third-order valence-electron chi connectivity index (χ3n) is 6.37. The van der Waals surface area contributed by atoms with Gasteiger partial charge in [-0.2, -0.15) is 14.4 Å². The minimum Gasteiger partial charge on any atom is -0.267 e. The quantitative estimate of drug-likeness (QED) is 0.118. The van der Waals surface area contributed by atoms with Crippen molar-refractivity contribution in [1.82, 2.24) is 9.29 Å². The molecular formula is C30H33BrN4O3S2. The molecule has 0 aliphatic carbocycles. The first kappa shape index (κ1) is 30.0. The molecular weight excluding hydrogens is 608 g/mol. The Morgan fingerprint density at radius 1 is 0.975 bits per heavy atom. The molecule has 0 N–H and O–H groups in total. The highest BCUT2D eigenvalue weighted by Gasteiger charge is 2.25. The van der Waals surface area contributed by atoms with E-state index in [2.05, 4.69) is 26.0 Å². The van der Waals surface area contributed by atoms with Gasteiger partial charge in [0.15, 0.2) is 0 Å². The molecule has 0 radical (unpaired) electrons. The Hall–Kier alpha value is -2.92. The molecule has 1 aromatic heterocycles. The summed E-state index contributed by atoms with van der Waals surface area (Å²) in [7, 11) is -3.67. The van der Waals surface area contributed by atoms with Gasteiger partial charge in [0.1, 0.15) is 0 Å². The second-order valence-electron chi connectivity index (χ2n) is 9.52. The first-order valence-corrected chi connectivity index (χ1v) is 16.4. The number of aryl methyl sites for hydroxylation is 1. The summed E-state index contributed by atoms with van der Waals surface area (Å²) in [6.07, 6.45) is 5.04. The average molecular weight is 642 g/mol. The lowest BCUT2D eigenvalue weighted by Gasteiger charge is -2.22. The van der Waals surface area contributed by atoms with Gasteiger partial charge in [-0.25, -0.2) is 13.4 Å². The number of sulfonamides is 1. The number of halogens is 1. The molecule has 7 nitrogen and oxygen atoms in total. The second-order valence-corrected chi connectivity index (χ2v) is 13.4. The van der Waals surface area contributed by atoms with Crippen molar-refractivity contribution in [3.05, 3.63) is 87.9 Å². The molecule has 4 rings (SSSR count). The minimum absolute atomic E-state index is 0.177. The number of carbonyl (C=O) groups excluding carboxylic acids is 1. The number of aromatic nitrogens is 1. The van der Waals surface area contributed by atoms with Crippen LogP contribution in [0.25, 0.3) is 10.2 Å². The summed E-state index contributed by atoms with van der Waals surface area (Å²) in [5.74, 6) is -0.403. The van der Waals surface area contributed by atoms with E-state index in [-0.39, 0.29) is 4.90 Å². The number of anilines is 1. The fourth-order valence-corrected chi connectivity index (χ4v) is 7.00. The number of carbonyl (C=O) groups is 1. The molecule has 4 aromatic rings. The van der Waals surface area contributed by atoms with Gasteiger partial charge in [-0.1, -0.05) is 83.8 Å². The van der Waals surface area contributed by atoms with Crippen LogP contribution >= 0.6 is 27.3 Å². The number of thiazole rings is 1. The van der Waals surface area contributed by atoms with Crippen molar-refractivity contribution in [2.75, 3.05) is 18.1 Å². The van der Waals surface area contributed by atoms with E-state index in [1.54, 1.807) is 22.7 Å². The predicted molar refractivity (Wildman–Crippen MR) is 168 cm³/mol. The molecule has 3 aromatic carbocycles. The number of hydrogen-bond acceptors (Lipinski definition) is 6. The van der Waals surface area contributed by atoms with E-state index < -0.39 is 15.9 Å². The van der Waals surface area contributed by atoms with Gasteiger partial charge < -0.3 is 0 Å². The van der Waals surface area contributed by atoms with E-state index in [0.29, 0.717) is 23.8 Å². The second kappa shape index (κ2) is 13.6. The van der Waals surface area contributed by atoms with Crippen molar-refractivity contribution in [3.8, 4) is 0 Å². The Balaban J connectivity index is 1.66. The van der Waals surface area contributed by atoms with Crippen molar-refractivity contribution in [2.24, 2.45) is 5.10 Å². The fourth-order valence-electron chi connectivity index (χ4n) is 4.00. The lowest BCUT2D eigenvalue weighted by molar-refractivity contribution is 0.0987. The summed E-state index contributed by atoms with van der Waals surface area (Å²) in [5.41, 5.74) is 3.04. The maximum absolute atomic E-state index is 13.8. The van der Waals surface area contributed by atoms with Crippen LogP contribution in [0.5, 0.6) is 0 Å². The number of amides is 1. The molecule has 0 saturated heterocycles. The largest absolute Gasteiger partial charge is 0.280 e. The van der Waals surface area contributed by atoms with E-state index in [0.717, 1.165) is 51.5 Å². The molecule has 40 heavy (non-hydrogen) atoms. The molecule has 0 bridgehead atoms. The van der Waals surface area contributed by atoms with E-state index in [4.69, 9.17) is 0 Å². The van der Waals surface area contributed by atoms with Gasteiger partial charge in [0.05, 0.1) is 21.3 Å². The maximum Gasteiger partial charge on any atom is 0.280 e. The number of fused-ring (bicyclic) bond motifs is 1. The zero-order valence-electron chi connectivity index (χ0n) is 22.9. The highest BCUT2D eigenvalue weighted by atomic mass is 79.9. The van der Waals surface area contributed by atoms with Crippen LogP contribution in [0.3, 0.4) is 0 Å². The van der Waals surface area contributed by atoms with E-state index in [1.165, 1.54) is 28.5 Å². The van der Waals surface area contributed by atoms with Crippen LogP contribution in [0.1, 0.15) is 61.0 Å². The minimum atomic E-state index is -3.67. The summed E-state index contributed by atoms with van der Waals surface area (Å²) < 4.78 is 30.1. The highest BCUT2D eigenvalue weighted by Crippen LogP contribution is 2.32. The van der Waals surface area contributed by atoms with Crippen LogP contribution in [0.15, 0.2) is 81.2 Å². The van der Waals surface area contributed by atoms with E-state index in [9.17, 15) is 13.2 Å². The third kappa shape index (κ3) is 7.23. The van der Waals surface area contributed by atoms with Crippen molar-refractivity contribution in [2.45, 2.75) is 51.3 Å². The molecule has 0 aliphatic rings. The molecule has 1 heterocycles. The molecule has 210 valence electrons. The summed E-state index contributed by atoms with van der Waals surface area (Å²) >= 11 is 4.84. The molecule has 1 amide bonds. The first-order valence-electron chi connectivity index (χ1n) is 13.3. The normalized spacial score (nSPS) is 12.0. The number of unbranched alkanes of at least 4 members (excludes halogenated alkanes) is 2. The summed E-state index contributed by atoms with van der Waals surface area (Å²) in [5, 5.41) is 6.22. The van der Waals surface area contributed by atoms with Crippen LogP contribution in [0.4, 0.5) is 5.13 Å². The first-order chi connectivity index (χ1) is 19.2. The van der Waals surface area contributed by atoms with Crippen molar-refractivity contribution < 1.29 is 13.2 Å². The van der Waals surface area contributed by atoms with Gasteiger partial charge in [0.2, 0.25) is 15.2 Å². The zero-order chi connectivity index (χ0) is 28.7. The number of nitrogens with zero attached hydrogens (tertiary/aromatic N) is 4. The number of hydrazone groups is 1. The number of rotatable bonds is 12. The lowest BCUT2D eigenvalue weighted by Crippen LogP contribution is -2.33. The summed E-state index contributed by atoms with van der Waals surface area (Å²) in [4.78, 5) is 18.6. The average Bonchev–Trinajstić information content (AvgIpc) is 3.36. The third-order valence-corrected chi connectivity index (χ3v) is 9.77. The van der Waals surface area contributed by atoms with E-state index in [1.807, 2.05) is 63.2 Å². The maximum atomic E-state index is 13.8. The van der Waals surface area contributed by atoms with Gasteiger partial charge in [-0.05, 0) is 67.8 Å². The monoisotopic (exact) mass is 640 g/mol. The molecule has 10 heteroatoms. The Labute approximate surface area is 248 Å². The van der Waals surface area contributed by atoms with Crippen molar-refractivity contribution in [3.63, 3.8) is 0 Å². The molecule has 0 atom stereocenters. The van der Waals surface area contributed by atoms with Crippen LogP contribution in [-0.4, -0.2) is 42.9 Å². The Morgan fingerprint density at radius 3 is 2.25 bits per heavy atom. The highest BCUT2D eigenvalue weighted by molar-refractivity contribution is 9.10. The van der Waals surface area contributed by atoms with Gasteiger partial charge in [-0.3, -0.25) is 4.79 Å². The topological polar surface area (TPSA) is 82.9 Å². The van der Waals surface area contributed by atoms with Gasteiger partial charge in [0, 0.05) is 23.1 Å². The summed E-state index contributed by atoms with van der Waals surface area (Å²) in [6.45, 7) is 7.06. The molecule has 0 aliphatic heterocycles. The van der Waals surface area contributed by atoms with Crippen molar-refractivity contribution >= 4 is 64.8 Å². The summed E-state index contributed by atoms with van der Waals surface area (Å²) in [6, 6.07) is 19.7. The van der Waals surface area contributed by atoms with Crippen molar-refractivity contribution in [1.29, 1.82) is 0 Å². The Morgan fingerprint density at radius 2 is 1.62 bits per heavy atom. The SMILES string of the molecule is CCCCN(CCCC)S(=O)(=O)c1ccc(C(=O)N(/N=C/c2ccc(C)cc2)c2nc3ccc(Br)cc3s2)cc1. The lowest BCUT2D eigenvalue weighted by atomic mass is 10.2. The number of benzene rings is 3. The van der Waals surface area contributed by atoms with Crippen LogP contribution in [0, 0.1) is 6.92 Å². The Bertz CT molecular complexity index is 1580. The van der Waals surface area contributed by atoms with E-state index >= 15 is 0 Å². The van der Waals surface area contributed by atoms with Gasteiger partial charge in [-0.15, -0.1) is 0 Å². The van der Waals surface area contributed by atoms with Gasteiger partial charge >= 0.3 is 0 Å². The molecule has 0 fully saturated rings. The van der Waals surface area contributed by atoms with Crippen LogP contribution in [-0.2, 0) is 10.0 Å². The van der Waals surface area contributed by atoms with Crippen LogP contribution < -0.4 is 5.01 Å². The zero-order valence-corrected chi connectivity index (χ0v) is 26.1. The molecule has 0 unspecified atom stereocenters. The van der Waals surface area contributed by atoms with Crippen LogP contribution in [0.2, 0.25) is 0 Å². The predicted octanol–water partition coefficient (Wildman–Crippen LogP) is 7.64.